The first-order chi connectivity index (χ1) is 14.5. The van der Waals surface area contributed by atoms with Crippen molar-refractivity contribution in [3.05, 3.63) is 64.4 Å². The van der Waals surface area contributed by atoms with Crippen molar-refractivity contribution >= 4 is 22.7 Å². The van der Waals surface area contributed by atoms with E-state index >= 15 is 0 Å². The SMILES string of the molecule is Cc1ccc(-n2c(SC[C@H]3CN(CC(C)C)CCO3)nc3ccccc3c2=O)cc1. The van der Waals surface area contributed by atoms with Crippen LogP contribution in [0.3, 0.4) is 0 Å². The zero-order valence-electron chi connectivity index (χ0n) is 17.9. The number of aromatic nitrogens is 2. The summed E-state index contributed by atoms with van der Waals surface area (Å²) < 4.78 is 7.75. The quantitative estimate of drug-likeness (QED) is 0.440. The Labute approximate surface area is 182 Å². The summed E-state index contributed by atoms with van der Waals surface area (Å²) >= 11 is 1.60. The van der Waals surface area contributed by atoms with Crippen molar-refractivity contribution in [3.8, 4) is 5.69 Å². The largest absolute Gasteiger partial charge is 0.375 e. The Morgan fingerprint density at radius 1 is 1.17 bits per heavy atom. The van der Waals surface area contributed by atoms with Gasteiger partial charge in [-0.3, -0.25) is 14.3 Å². The van der Waals surface area contributed by atoms with Gasteiger partial charge in [0.15, 0.2) is 5.16 Å². The van der Waals surface area contributed by atoms with Gasteiger partial charge in [0.2, 0.25) is 0 Å². The molecular weight excluding hydrogens is 394 g/mol. The lowest BCUT2D eigenvalue weighted by Gasteiger charge is -2.33. The van der Waals surface area contributed by atoms with Gasteiger partial charge in [-0.1, -0.05) is 55.4 Å². The van der Waals surface area contributed by atoms with Crippen LogP contribution < -0.4 is 5.56 Å². The van der Waals surface area contributed by atoms with E-state index in [0.717, 1.165) is 48.8 Å². The van der Waals surface area contributed by atoms with E-state index in [-0.39, 0.29) is 11.7 Å². The number of ether oxygens (including phenoxy) is 1. The fourth-order valence-corrected chi connectivity index (χ4v) is 4.88. The summed E-state index contributed by atoms with van der Waals surface area (Å²) in [5.41, 5.74) is 2.71. The molecule has 1 aliphatic rings. The number of para-hydroxylation sites is 1. The summed E-state index contributed by atoms with van der Waals surface area (Å²) in [5.74, 6) is 1.41. The summed E-state index contributed by atoms with van der Waals surface area (Å²) in [5, 5.41) is 1.35. The van der Waals surface area contributed by atoms with E-state index in [1.165, 1.54) is 0 Å². The van der Waals surface area contributed by atoms with E-state index in [9.17, 15) is 4.79 Å². The molecule has 1 saturated heterocycles. The lowest BCUT2D eigenvalue weighted by Crippen LogP contribution is -2.44. The van der Waals surface area contributed by atoms with Crippen LogP contribution in [0.1, 0.15) is 19.4 Å². The van der Waals surface area contributed by atoms with E-state index in [0.29, 0.717) is 16.5 Å². The van der Waals surface area contributed by atoms with Crippen LogP contribution in [0.2, 0.25) is 0 Å². The minimum Gasteiger partial charge on any atom is -0.375 e. The van der Waals surface area contributed by atoms with Crippen LogP contribution in [0.15, 0.2) is 58.5 Å². The summed E-state index contributed by atoms with van der Waals surface area (Å²) in [6.45, 7) is 10.3. The molecule has 0 saturated carbocycles. The summed E-state index contributed by atoms with van der Waals surface area (Å²) in [6.07, 6.45) is 0.136. The molecule has 5 nitrogen and oxygen atoms in total. The molecule has 0 N–H and O–H groups in total. The number of hydrogen-bond donors (Lipinski definition) is 0. The molecule has 2 aromatic carbocycles. The van der Waals surface area contributed by atoms with Gasteiger partial charge < -0.3 is 4.74 Å². The van der Waals surface area contributed by atoms with Gasteiger partial charge in [0.1, 0.15) is 0 Å². The molecule has 0 aliphatic carbocycles. The Hall–Kier alpha value is -2.15. The molecule has 0 amide bonds. The van der Waals surface area contributed by atoms with Crippen LogP contribution in [-0.2, 0) is 4.74 Å². The number of aryl methyl sites for hydroxylation is 1. The minimum absolute atomic E-state index is 0.0297. The number of thioether (sulfide) groups is 1. The van der Waals surface area contributed by atoms with Crippen LogP contribution in [0.25, 0.3) is 16.6 Å². The number of hydrogen-bond acceptors (Lipinski definition) is 5. The molecule has 1 atom stereocenters. The molecule has 6 heteroatoms. The van der Waals surface area contributed by atoms with E-state index in [1.54, 1.807) is 16.3 Å². The second-order valence-corrected chi connectivity index (χ2v) is 9.33. The molecular formula is C24H29N3O2S. The second kappa shape index (κ2) is 9.33. The average molecular weight is 424 g/mol. The first-order valence-electron chi connectivity index (χ1n) is 10.6. The maximum atomic E-state index is 13.3. The number of rotatable bonds is 6. The van der Waals surface area contributed by atoms with Gasteiger partial charge in [-0.05, 0) is 37.1 Å². The highest BCUT2D eigenvalue weighted by molar-refractivity contribution is 7.99. The minimum atomic E-state index is -0.0297. The number of nitrogens with zero attached hydrogens (tertiary/aromatic N) is 3. The monoisotopic (exact) mass is 423 g/mol. The van der Waals surface area contributed by atoms with Crippen molar-refractivity contribution in [2.24, 2.45) is 5.92 Å². The first-order valence-corrected chi connectivity index (χ1v) is 11.6. The van der Waals surface area contributed by atoms with Gasteiger partial charge in [-0.25, -0.2) is 4.98 Å². The predicted octanol–water partition coefficient (Wildman–Crippen LogP) is 4.14. The topological polar surface area (TPSA) is 47.4 Å². The predicted molar refractivity (Wildman–Crippen MR) is 124 cm³/mol. The third kappa shape index (κ3) is 4.77. The Morgan fingerprint density at radius 2 is 1.93 bits per heavy atom. The van der Waals surface area contributed by atoms with Crippen LogP contribution >= 0.6 is 11.8 Å². The smallest absolute Gasteiger partial charge is 0.266 e. The average Bonchev–Trinajstić information content (AvgIpc) is 2.73. The molecule has 3 aromatic rings. The molecule has 4 rings (SSSR count). The zero-order valence-corrected chi connectivity index (χ0v) is 18.7. The van der Waals surface area contributed by atoms with Crippen LogP contribution in [-0.4, -0.2) is 52.5 Å². The van der Waals surface area contributed by atoms with Gasteiger partial charge in [0, 0.05) is 25.4 Å². The molecule has 0 bridgehead atoms. The van der Waals surface area contributed by atoms with Crippen molar-refractivity contribution in [3.63, 3.8) is 0 Å². The summed E-state index contributed by atoms with van der Waals surface area (Å²) in [6, 6.07) is 15.6. The van der Waals surface area contributed by atoms with E-state index in [2.05, 4.69) is 18.7 Å². The fraction of sp³-hybridized carbons (Fsp3) is 0.417. The molecule has 158 valence electrons. The molecule has 2 heterocycles. The Kier molecular flexibility index (Phi) is 6.56. The zero-order chi connectivity index (χ0) is 21.1. The van der Waals surface area contributed by atoms with Crippen molar-refractivity contribution in [2.45, 2.75) is 32.0 Å². The van der Waals surface area contributed by atoms with Gasteiger partial charge in [-0.15, -0.1) is 0 Å². The van der Waals surface area contributed by atoms with Gasteiger partial charge in [0.25, 0.3) is 5.56 Å². The first kappa shape index (κ1) is 21.1. The molecule has 30 heavy (non-hydrogen) atoms. The highest BCUT2D eigenvalue weighted by Crippen LogP contribution is 2.24. The van der Waals surface area contributed by atoms with Gasteiger partial charge in [-0.2, -0.15) is 0 Å². The van der Waals surface area contributed by atoms with E-state index < -0.39 is 0 Å². The lowest BCUT2D eigenvalue weighted by molar-refractivity contribution is -0.0191. The third-order valence-corrected chi connectivity index (χ3v) is 6.35. The normalized spacial score (nSPS) is 17.7. The molecule has 1 aliphatic heterocycles. The van der Waals surface area contributed by atoms with Crippen molar-refractivity contribution < 1.29 is 4.74 Å². The second-order valence-electron chi connectivity index (χ2n) is 8.34. The number of fused-ring (bicyclic) bond motifs is 1. The number of morpholine rings is 1. The van der Waals surface area contributed by atoms with Crippen molar-refractivity contribution in [1.29, 1.82) is 0 Å². The highest BCUT2D eigenvalue weighted by Gasteiger charge is 2.22. The number of benzene rings is 2. The van der Waals surface area contributed by atoms with Gasteiger partial charge >= 0.3 is 0 Å². The lowest BCUT2D eigenvalue weighted by atomic mass is 10.2. The highest BCUT2D eigenvalue weighted by atomic mass is 32.2. The maximum Gasteiger partial charge on any atom is 0.266 e. The Morgan fingerprint density at radius 3 is 2.70 bits per heavy atom. The fourth-order valence-electron chi connectivity index (χ4n) is 3.86. The summed E-state index contributed by atoms with van der Waals surface area (Å²) in [7, 11) is 0. The molecule has 1 aromatic heterocycles. The molecule has 1 fully saturated rings. The van der Waals surface area contributed by atoms with E-state index in [4.69, 9.17) is 9.72 Å². The van der Waals surface area contributed by atoms with Crippen LogP contribution in [0, 0.1) is 12.8 Å². The van der Waals surface area contributed by atoms with Crippen LogP contribution in [0.4, 0.5) is 0 Å². The summed E-state index contributed by atoms with van der Waals surface area (Å²) in [4.78, 5) is 20.6. The maximum absolute atomic E-state index is 13.3. The van der Waals surface area contributed by atoms with Crippen LogP contribution in [0.5, 0.6) is 0 Å². The standard InChI is InChI=1S/C24H29N3O2S/c1-17(2)14-26-12-13-29-20(15-26)16-30-24-25-22-7-5-4-6-21(22)23(28)27(24)19-10-8-18(3)9-11-19/h4-11,17,20H,12-16H2,1-3H3/t20-/m1/s1. The molecule has 0 radical (unpaired) electrons. The Balaban J connectivity index is 1.63. The van der Waals surface area contributed by atoms with E-state index in [1.807, 2.05) is 55.5 Å². The van der Waals surface area contributed by atoms with Gasteiger partial charge in [0.05, 0.1) is 29.3 Å². The third-order valence-electron chi connectivity index (χ3n) is 5.28. The molecule has 0 spiro atoms. The van der Waals surface area contributed by atoms with Crippen molar-refractivity contribution in [1.82, 2.24) is 14.5 Å². The van der Waals surface area contributed by atoms with Crippen molar-refractivity contribution in [2.75, 3.05) is 32.0 Å². The molecule has 0 unspecified atom stereocenters. The Bertz CT molecular complexity index is 1060.